The van der Waals surface area contributed by atoms with Gasteiger partial charge in [0.25, 0.3) is 0 Å². The van der Waals surface area contributed by atoms with Crippen molar-refractivity contribution in [1.29, 1.82) is 0 Å². The van der Waals surface area contributed by atoms with Crippen LogP contribution in [0.2, 0.25) is 0 Å². The van der Waals surface area contributed by atoms with Gasteiger partial charge in [-0.15, -0.1) is 0 Å². The average molecular weight is 418 g/mol. The smallest absolute Gasteiger partial charge is 0.414 e. The molecule has 9 heteroatoms. The van der Waals surface area contributed by atoms with Crippen molar-refractivity contribution in [2.75, 3.05) is 19.8 Å². The number of pyridine rings is 1. The number of allylic oxidation sites excluding steroid dienone is 1. The first kappa shape index (κ1) is 23.1. The highest BCUT2D eigenvalue weighted by molar-refractivity contribution is 5.71. The molecular weight excluding hydrogens is 386 g/mol. The van der Waals surface area contributed by atoms with E-state index in [0.717, 1.165) is 30.7 Å². The van der Waals surface area contributed by atoms with Crippen molar-refractivity contribution in [2.24, 2.45) is 17.2 Å². The van der Waals surface area contributed by atoms with Crippen LogP contribution in [0.25, 0.3) is 0 Å². The van der Waals surface area contributed by atoms with Gasteiger partial charge in [0, 0.05) is 24.6 Å². The van der Waals surface area contributed by atoms with Crippen molar-refractivity contribution >= 4 is 6.09 Å². The number of hydrogen-bond donors (Lipinski definition) is 3. The minimum Gasteiger partial charge on any atom is -0.491 e. The van der Waals surface area contributed by atoms with Crippen LogP contribution < -0.4 is 17.2 Å². The summed E-state index contributed by atoms with van der Waals surface area (Å²) in [5.41, 5.74) is 19.4. The van der Waals surface area contributed by atoms with Gasteiger partial charge in [-0.1, -0.05) is 12.6 Å². The van der Waals surface area contributed by atoms with Crippen molar-refractivity contribution in [3.05, 3.63) is 65.2 Å². The molecule has 1 amide bonds. The van der Waals surface area contributed by atoms with Crippen LogP contribution in [0.4, 0.5) is 4.79 Å². The molecule has 1 aromatic rings. The van der Waals surface area contributed by atoms with Gasteiger partial charge in [-0.05, 0) is 38.3 Å². The summed E-state index contributed by atoms with van der Waals surface area (Å²) in [7, 11) is 0. The van der Waals surface area contributed by atoms with Crippen LogP contribution in [0.1, 0.15) is 31.0 Å². The molecule has 0 aliphatic carbocycles. The second kappa shape index (κ2) is 11.1. The van der Waals surface area contributed by atoms with Crippen LogP contribution in [0.3, 0.4) is 0 Å². The molecule has 0 spiro atoms. The first-order chi connectivity index (χ1) is 14.3. The number of aromatic nitrogens is 1. The molecule has 1 aliphatic heterocycles. The molecule has 1 saturated heterocycles. The van der Waals surface area contributed by atoms with Gasteiger partial charge in [0.2, 0.25) is 0 Å². The molecule has 2 heterocycles. The van der Waals surface area contributed by atoms with Gasteiger partial charge in [-0.25, -0.2) is 4.79 Å². The Labute approximate surface area is 177 Å². The van der Waals surface area contributed by atoms with Crippen molar-refractivity contribution < 1.29 is 19.0 Å². The van der Waals surface area contributed by atoms with Crippen molar-refractivity contribution in [3.8, 4) is 0 Å². The molecule has 30 heavy (non-hydrogen) atoms. The maximum Gasteiger partial charge on any atom is 0.414 e. The lowest BCUT2D eigenvalue weighted by Crippen LogP contribution is -2.35. The molecule has 1 unspecified atom stereocenters. The highest BCUT2D eigenvalue weighted by Gasteiger charge is 2.24. The summed E-state index contributed by atoms with van der Waals surface area (Å²) in [4.78, 5) is 18.3. The Bertz CT molecular complexity index is 794. The van der Waals surface area contributed by atoms with Gasteiger partial charge in [-0.3, -0.25) is 9.88 Å². The van der Waals surface area contributed by atoms with Gasteiger partial charge in [0.15, 0.2) is 0 Å². The van der Waals surface area contributed by atoms with Crippen LogP contribution >= 0.6 is 0 Å². The monoisotopic (exact) mass is 417 g/mol. The highest BCUT2D eigenvalue weighted by Crippen LogP contribution is 2.21. The zero-order chi connectivity index (χ0) is 22.1. The van der Waals surface area contributed by atoms with E-state index in [1.54, 1.807) is 13.1 Å². The van der Waals surface area contributed by atoms with E-state index in [4.69, 9.17) is 31.4 Å². The van der Waals surface area contributed by atoms with E-state index in [2.05, 4.69) is 11.6 Å². The summed E-state index contributed by atoms with van der Waals surface area (Å²) in [5, 5.41) is 0. The molecule has 6 N–H and O–H groups in total. The lowest BCUT2D eigenvalue weighted by Gasteiger charge is -2.26. The van der Waals surface area contributed by atoms with Crippen LogP contribution in [0.5, 0.6) is 0 Å². The molecule has 164 valence electrons. The third-order valence-corrected chi connectivity index (χ3v) is 4.46. The van der Waals surface area contributed by atoms with Crippen molar-refractivity contribution in [1.82, 2.24) is 9.88 Å². The zero-order valence-corrected chi connectivity index (χ0v) is 17.6. The second-order valence-corrected chi connectivity index (χ2v) is 6.90. The van der Waals surface area contributed by atoms with Crippen LogP contribution in [0.15, 0.2) is 54.0 Å². The van der Waals surface area contributed by atoms with Crippen molar-refractivity contribution in [3.63, 3.8) is 0 Å². The Hall–Kier alpha value is -3.20. The molecule has 1 aromatic heterocycles. The first-order valence-electron chi connectivity index (χ1n) is 9.83. The molecule has 1 aliphatic rings. The SMILES string of the molecule is C=C(/C=C(\C(N)=C(N)N)N(Cc1ccc(C)nc1)C(=O)OCC)OCC1CCCO1. The normalized spacial score (nSPS) is 16.1. The number of carbonyl (C=O) groups is 1. The summed E-state index contributed by atoms with van der Waals surface area (Å²) in [6.07, 6.45) is 4.53. The fourth-order valence-corrected chi connectivity index (χ4v) is 2.84. The number of aryl methyl sites for hydroxylation is 1. The molecule has 0 bridgehead atoms. The first-order valence-corrected chi connectivity index (χ1v) is 9.83. The molecule has 1 atom stereocenters. The van der Waals surface area contributed by atoms with Gasteiger partial charge in [0.05, 0.1) is 30.6 Å². The lowest BCUT2D eigenvalue weighted by molar-refractivity contribution is 0.0461. The minimum absolute atomic E-state index is 0.0185. The Kier molecular flexibility index (Phi) is 8.54. The largest absolute Gasteiger partial charge is 0.491 e. The summed E-state index contributed by atoms with van der Waals surface area (Å²) in [6.45, 7) is 8.90. The van der Waals surface area contributed by atoms with E-state index >= 15 is 0 Å². The summed E-state index contributed by atoms with van der Waals surface area (Å²) in [6, 6.07) is 3.71. The summed E-state index contributed by atoms with van der Waals surface area (Å²) < 4.78 is 16.5. The molecule has 0 saturated carbocycles. The molecule has 1 fully saturated rings. The Morgan fingerprint density at radius 3 is 2.70 bits per heavy atom. The van der Waals surface area contributed by atoms with E-state index < -0.39 is 6.09 Å². The van der Waals surface area contributed by atoms with Crippen LogP contribution in [-0.4, -0.2) is 41.9 Å². The Morgan fingerprint density at radius 1 is 1.37 bits per heavy atom. The standard InChI is InChI=1S/C21H31N5O4/c1-4-28-21(27)26(12-16-8-7-14(2)25-11-16)18(19(22)20(23)24)10-15(3)30-13-17-6-5-9-29-17/h7-8,10-11,17H,3-6,9,12-13,22-24H2,1-2H3/b18-10+. The second-order valence-electron chi connectivity index (χ2n) is 6.90. The number of nitrogens with two attached hydrogens (primary N) is 3. The van der Waals surface area contributed by atoms with Gasteiger partial charge in [0.1, 0.15) is 18.2 Å². The highest BCUT2D eigenvalue weighted by atomic mass is 16.6. The Morgan fingerprint density at radius 2 is 2.13 bits per heavy atom. The Balaban J connectivity index is 2.31. The number of hydrogen-bond acceptors (Lipinski definition) is 8. The average Bonchev–Trinajstić information content (AvgIpc) is 3.23. The number of rotatable bonds is 9. The molecule has 9 nitrogen and oxygen atoms in total. The van der Waals surface area contributed by atoms with E-state index in [9.17, 15) is 4.79 Å². The van der Waals surface area contributed by atoms with Crippen LogP contribution in [0, 0.1) is 6.92 Å². The summed E-state index contributed by atoms with van der Waals surface area (Å²) in [5.74, 6) is 0.158. The molecular formula is C21H31N5O4. The third kappa shape index (κ3) is 6.70. The van der Waals surface area contributed by atoms with E-state index in [-0.39, 0.29) is 36.5 Å². The van der Waals surface area contributed by atoms with Gasteiger partial charge < -0.3 is 31.4 Å². The van der Waals surface area contributed by atoms with E-state index in [1.165, 1.54) is 11.0 Å². The maximum absolute atomic E-state index is 12.7. The number of ether oxygens (including phenoxy) is 3. The van der Waals surface area contributed by atoms with Crippen molar-refractivity contribution in [2.45, 2.75) is 39.3 Å². The van der Waals surface area contributed by atoms with Gasteiger partial charge >= 0.3 is 6.09 Å². The van der Waals surface area contributed by atoms with E-state index in [1.807, 2.05) is 19.1 Å². The lowest BCUT2D eigenvalue weighted by atomic mass is 10.2. The topological polar surface area (TPSA) is 139 Å². The predicted octanol–water partition coefficient (Wildman–Crippen LogP) is 1.99. The number of amides is 1. The quantitative estimate of drug-likeness (QED) is 0.409. The van der Waals surface area contributed by atoms with Crippen LogP contribution in [-0.2, 0) is 20.8 Å². The maximum atomic E-state index is 12.7. The number of carbonyl (C=O) groups excluding carboxylic acids is 1. The fraction of sp³-hybridized carbons (Fsp3) is 0.429. The van der Waals surface area contributed by atoms with Gasteiger partial charge in [-0.2, -0.15) is 0 Å². The zero-order valence-electron chi connectivity index (χ0n) is 17.6. The molecule has 0 aromatic carbocycles. The molecule has 2 rings (SSSR count). The minimum atomic E-state index is -0.611. The fourth-order valence-electron chi connectivity index (χ4n) is 2.84. The summed E-state index contributed by atoms with van der Waals surface area (Å²) >= 11 is 0. The number of nitrogens with zero attached hydrogens (tertiary/aromatic N) is 2. The predicted molar refractivity (Wildman–Crippen MR) is 113 cm³/mol. The third-order valence-electron chi connectivity index (χ3n) is 4.46. The van der Waals surface area contributed by atoms with E-state index in [0.29, 0.717) is 12.4 Å². The molecule has 0 radical (unpaired) electrons.